The molecule has 2 aromatic carbocycles. The third kappa shape index (κ3) is 4.76. The Morgan fingerprint density at radius 1 is 0.889 bits per heavy atom. The third-order valence-electron chi connectivity index (χ3n) is 2.06. The fourth-order valence-corrected chi connectivity index (χ4v) is 1.40. The summed E-state index contributed by atoms with van der Waals surface area (Å²) in [4.78, 5) is 10.8. The molecule has 0 spiro atoms. The van der Waals surface area contributed by atoms with Crippen molar-refractivity contribution in [3.63, 3.8) is 0 Å². The van der Waals surface area contributed by atoms with Crippen LogP contribution in [0.3, 0.4) is 0 Å². The maximum atomic E-state index is 10.8. The van der Waals surface area contributed by atoms with Crippen LogP contribution < -0.4 is 36.0 Å². The average molecular weight is 275 g/mol. The number of benzene rings is 2. The predicted octanol–water partition coefficient (Wildman–Crippen LogP) is -2.13. The molecule has 0 saturated carbocycles. The van der Waals surface area contributed by atoms with E-state index in [1.807, 2.05) is 30.3 Å². The van der Waals surface area contributed by atoms with Gasteiger partial charge in [0.1, 0.15) is 11.5 Å². The first-order chi connectivity index (χ1) is 7.75. The molecule has 0 radical (unpaired) electrons. The minimum absolute atomic E-state index is 0. The van der Waals surface area contributed by atoms with Crippen LogP contribution in [0.25, 0.3) is 0 Å². The zero-order valence-electron chi connectivity index (χ0n) is 9.77. The van der Waals surface area contributed by atoms with Crippen molar-refractivity contribution in [2.24, 2.45) is 0 Å². The van der Waals surface area contributed by atoms with Gasteiger partial charge < -0.3 is 17.1 Å². The standard InChI is InChI=1S/C13H9ClO2.ClH.Li/c14-13(15)10-6-8-12(9-7-10)16-11-4-2-1-3-5-11;;/h1-9H;1H;/q;;+1/p-1. The van der Waals surface area contributed by atoms with Gasteiger partial charge in [-0.2, -0.15) is 0 Å². The summed E-state index contributed by atoms with van der Waals surface area (Å²) < 4.78 is 5.56. The summed E-state index contributed by atoms with van der Waals surface area (Å²) in [6.45, 7) is 0. The molecule has 88 valence electrons. The topological polar surface area (TPSA) is 26.3 Å². The van der Waals surface area contributed by atoms with Gasteiger partial charge in [-0.05, 0) is 48.0 Å². The van der Waals surface area contributed by atoms with Crippen LogP contribution in [0.5, 0.6) is 11.5 Å². The van der Waals surface area contributed by atoms with E-state index in [1.165, 1.54) is 0 Å². The van der Waals surface area contributed by atoms with Crippen molar-refractivity contribution < 1.29 is 40.8 Å². The molecular formula is C13H9Cl2LiO2. The smallest absolute Gasteiger partial charge is 1.00 e. The number of carbonyl (C=O) groups is 1. The number of ether oxygens (including phenoxy) is 1. The molecule has 0 aliphatic heterocycles. The zero-order chi connectivity index (χ0) is 11.4. The largest absolute Gasteiger partial charge is 1.00 e. The number of hydrogen-bond donors (Lipinski definition) is 0. The van der Waals surface area contributed by atoms with Gasteiger partial charge in [0.05, 0.1) is 0 Å². The van der Waals surface area contributed by atoms with E-state index in [4.69, 9.17) is 16.3 Å². The van der Waals surface area contributed by atoms with Gasteiger partial charge in [-0.15, -0.1) is 0 Å². The van der Waals surface area contributed by atoms with Gasteiger partial charge in [0.25, 0.3) is 5.24 Å². The number of carbonyl (C=O) groups excluding carboxylic acids is 1. The van der Waals surface area contributed by atoms with E-state index in [2.05, 4.69) is 0 Å². The van der Waals surface area contributed by atoms with Gasteiger partial charge in [0.2, 0.25) is 0 Å². The Bertz CT molecular complexity index is 486. The molecule has 0 aromatic heterocycles. The molecule has 0 heterocycles. The van der Waals surface area contributed by atoms with E-state index < -0.39 is 5.24 Å². The van der Waals surface area contributed by atoms with E-state index in [9.17, 15) is 4.79 Å². The molecule has 0 aliphatic rings. The van der Waals surface area contributed by atoms with E-state index in [0.717, 1.165) is 5.75 Å². The minimum Gasteiger partial charge on any atom is -1.00 e. The molecule has 2 nitrogen and oxygen atoms in total. The second-order valence-corrected chi connectivity index (χ2v) is 3.56. The van der Waals surface area contributed by atoms with Crippen LogP contribution in [0, 0.1) is 0 Å². The van der Waals surface area contributed by atoms with Crippen LogP contribution >= 0.6 is 11.6 Å². The molecule has 0 unspecified atom stereocenters. The van der Waals surface area contributed by atoms with E-state index in [-0.39, 0.29) is 31.3 Å². The van der Waals surface area contributed by atoms with E-state index in [0.29, 0.717) is 11.3 Å². The van der Waals surface area contributed by atoms with Crippen LogP contribution in [-0.2, 0) is 0 Å². The Morgan fingerprint density at radius 2 is 1.39 bits per heavy atom. The van der Waals surface area contributed by atoms with Crippen molar-refractivity contribution in [3.8, 4) is 11.5 Å². The predicted molar refractivity (Wildman–Crippen MR) is 63.1 cm³/mol. The monoisotopic (exact) mass is 274 g/mol. The Hall–Kier alpha value is -0.913. The summed E-state index contributed by atoms with van der Waals surface area (Å²) in [6.07, 6.45) is 0. The molecule has 0 bridgehead atoms. The SMILES string of the molecule is O=C(Cl)c1ccc(Oc2ccccc2)cc1.[Cl-].[Li+]. The zero-order valence-corrected chi connectivity index (χ0v) is 11.3. The molecule has 2 aromatic rings. The first-order valence-electron chi connectivity index (χ1n) is 4.78. The van der Waals surface area contributed by atoms with Crippen LogP contribution in [0.2, 0.25) is 0 Å². The fourth-order valence-electron chi connectivity index (χ4n) is 1.28. The third-order valence-corrected chi connectivity index (χ3v) is 2.28. The fraction of sp³-hybridized carbons (Fsp3) is 0. The van der Waals surface area contributed by atoms with Gasteiger partial charge in [-0.1, -0.05) is 18.2 Å². The van der Waals surface area contributed by atoms with Gasteiger partial charge in [-0.25, -0.2) is 0 Å². The minimum atomic E-state index is -0.466. The second kappa shape index (κ2) is 8.24. The Balaban J connectivity index is 0.00000144. The van der Waals surface area contributed by atoms with Crippen molar-refractivity contribution in [3.05, 3.63) is 60.2 Å². The van der Waals surface area contributed by atoms with Crippen LogP contribution in [0.15, 0.2) is 54.6 Å². The summed E-state index contributed by atoms with van der Waals surface area (Å²) in [6, 6.07) is 16.1. The van der Waals surface area contributed by atoms with Crippen LogP contribution in [0.4, 0.5) is 0 Å². The van der Waals surface area contributed by atoms with E-state index >= 15 is 0 Å². The van der Waals surface area contributed by atoms with Crippen molar-refractivity contribution in [2.75, 3.05) is 0 Å². The summed E-state index contributed by atoms with van der Waals surface area (Å²) in [5, 5.41) is -0.466. The maximum absolute atomic E-state index is 10.8. The summed E-state index contributed by atoms with van der Waals surface area (Å²) in [7, 11) is 0. The molecule has 0 saturated heterocycles. The maximum Gasteiger partial charge on any atom is 1.00 e. The molecule has 0 fully saturated rings. The molecule has 18 heavy (non-hydrogen) atoms. The quantitative estimate of drug-likeness (QED) is 0.472. The summed E-state index contributed by atoms with van der Waals surface area (Å²) >= 11 is 5.34. The first-order valence-corrected chi connectivity index (χ1v) is 5.16. The summed E-state index contributed by atoms with van der Waals surface area (Å²) in [5.74, 6) is 1.43. The van der Waals surface area contributed by atoms with Crippen LogP contribution in [0.1, 0.15) is 10.4 Å². The van der Waals surface area contributed by atoms with E-state index in [1.54, 1.807) is 24.3 Å². The molecule has 0 amide bonds. The molecular weight excluding hydrogens is 266 g/mol. The molecule has 0 atom stereocenters. The number of rotatable bonds is 3. The molecule has 0 aliphatic carbocycles. The first kappa shape index (κ1) is 17.1. The molecule has 2 rings (SSSR count). The molecule has 5 heteroatoms. The summed E-state index contributed by atoms with van der Waals surface area (Å²) in [5.41, 5.74) is 0.460. The van der Waals surface area contributed by atoms with Gasteiger partial charge in [0.15, 0.2) is 0 Å². The Labute approximate surface area is 129 Å². The van der Waals surface area contributed by atoms with Gasteiger partial charge in [0, 0.05) is 5.56 Å². The molecule has 0 N–H and O–H groups in total. The Morgan fingerprint density at radius 3 is 1.89 bits per heavy atom. The van der Waals surface area contributed by atoms with Crippen molar-refractivity contribution >= 4 is 16.8 Å². The second-order valence-electron chi connectivity index (χ2n) is 3.21. The number of para-hydroxylation sites is 1. The number of hydrogen-bond acceptors (Lipinski definition) is 2. The van der Waals surface area contributed by atoms with Crippen LogP contribution in [-0.4, -0.2) is 5.24 Å². The Kier molecular flexibility index (Phi) is 7.82. The average Bonchev–Trinajstić information content (AvgIpc) is 2.31. The normalized spacial score (nSPS) is 8.72. The van der Waals surface area contributed by atoms with Gasteiger partial charge in [-0.3, -0.25) is 4.79 Å². The van der Waals surface area contributed by atoms with Gasteiger partial charge >= 0.3 is 18.9 Å². The van der Waals surface area contributed by atoms with Crippen molar-refractivity contribution in [1.29, 1.82) is 0 Å². The van der Waals surface area contributed by atoms with Crippen molar-refractivity contribution in [1.82, 2.24) is 0 Å². The van der Waals surface area contributed by atoms with Crippen molar-refractivity contribution in [2.45, 2.75) is 0 Å². The number of halogens is 2.